The summed E-state index contributed by atoms with van der Waals surface area (Å²) in [6, 6.07) is 0. The van der Waals surface area contributed by atoms with Crippen LogP contribution in [0.4, 0.5) is 23.3 Å². The van der Waals surface area contributed by atoms with Crippen LogP contribution in [0.1, 0.15) is 13.8 Å². The van der Waals surface area contributed by atoms with E-state index in [2.05, 4.69) is 30.6 Å². The van der Waals surface area contributed by atoms with Gasteiger partial charge in [0, 0.05) is 34.2 Å². The van der Waals surface area contributed by atoms with Crippen molar-refractivity contribution in [2.24, 2.45) is 0 Å². The predicted octanol–water partition coefficient (Wildman–Crippen LogP) is 0.466. The van der Waals surface area contributed by atoms with Crippen molar-refractivity contribution >= 4 is 44.3 Å². The Labute approximate surface area is 147 Å². The Kier molecular flexibility index (Phi) is 5.58. The second-order valence-corrected chi connectivity index (χ2v) is 8.06. The first kappa shape index (κ1) is 19.1. The van der Waals surface area contributed by atoms with Crippen LogP contribution in [-0.4, -0.2) is 55.9 Å². The Balaban J connectivity index is 2.49. The number of hydrogen-bond acceptors (Lipinski definition) is 8. The molecule has 0 aliphatic heterocycles. The smallest absolute Gasteiger partial charge is 0.213 e. The highest BCUT2D eigenvalue weighted by molar-refractivity contribution is 7.90. The van der Waals surface area contributed by atoms with E-state index in [1.165, 1.54) is 0 Å². The van der Waals surface area contributed by atoms with E-state index in [4.69, 9.17) is 5.73 Å². The van der Waals surface area contributed by atoms with Crippen molar-refractivity contribution in [1.29, 1.82) is 0 Å². The first-order valence-electron chi connectivity index (χ1n) is 7.98. The SMILES string of the molecule is CNc1nc(N)c2nc(NC)n(CCNS(=O)(=O)C(C)C)c2c1NC. The van der Waals surface area contributed by atoms with Gasteiger partial charge in [0.15, 0.2) is 11.6 Å². The summed E-state index contributed by atoms with van der Waals surface area (Å²) in [5.74, 6) is 1.48. The Morgan fingerprint density at radius 3 is 2.32 bits per heavy atom. The molecule has 0 saturated carbocycles. The van der Waals surface area contributed by atoms with Gasteiger partial charge in [0.2, 0.25) is 16.0 Å². The lowest BCUT2D eigenvalue weighted by atomic mass is 10.3. The summed E-state index contributed by atoms with van der Waals surface area (Å²) in [6.45, 7) is 3.90. The molecule has 2 heterocycles. The van der Waals surface area contributed by atoms with Gasteiger partial charge in [-0.15, -0.1) is 0 Å². The van der Waals surface area contributed by atoms with Gasteiger partial charge in [0.1, 0.15) is 16.7 Å². The minimum absolute atomic E-state index is 0.237. The Morgan fingerprint density at radius 1 is 1.12 bits per heavy atom. The number of imidazole rings is 1. The first-order valence-corrected chi connectivity index (χ1v) is 9.52. The summed E-state index contributed by atoms with van der Waals surface area (Å²) < 4.78 is 28.4. The van der Waals surface area contributed by atoms with E-state index < -0.39 is 15.3 Å². The summed E-state index contributed by atoms with van der Waals surface area (Å²) in [6.07, 6.45) is 0. The molecule has 140 valence electrons. The monoisotopic (exact) mass is 370 g/mol. The molecule has 0 unspecified atom stereocenters. The molecule has 2 aromatic heterocycles. The van der Waals surface area contributed by atoms with Gasteiger partial charge in [0.05, 0.1) is 5.25 Å². The van der Waals surface area contributed by atoms with Crippen LogP contribution in [0.5, 0.6) is 0 Å². The number of pyridine rings is 1. The largest absolute Gasteiger partial charge is 0.383 e. The quantitative estimate of drug-likeness (QED) is 0.452. The standard InChI is InChI=1S/C14H26N8O2S/c1-8(2)25(23,24)19-6-7-22-11-9(20-14(22)18-5)12(15)21-13(17-4)10(11)16-3/h8,16,19H,6-7H2,1-5H3,(H,18,20)(H3,15,17,21). The maximum atomic E-state index is 12.0. The summed E-state index contributed by atoms with van der Waals surface area (Å²) in [7, 11) is 1.96. The van der Waals surface area contributed by atoms with Crippen molar-refractivity contribution in [1.82, 2.24) is 19.3 Å². The summed E-state index contributed by atoms with van der Waals surface area (Å²) >= 11 is 0. The molecule has 0 spiro atoms. The molecule has 0 aromatic carbocycles. The second kappa shape index (κ2) is 7.31. The van der Waals surface area contributed by atoms with Crippen LogP contribution >= 0.6 is 0 Å². The van der Waals surface area contributed by atoms with E-state index in [-0.39, 0.29) is 6.54 Å². The van der Waals surface area contributed by atoms with Gasteiger partial charge in [0.25, 0.3) is 0 Å². The van der Waals surface area contributed by atoms with Crippen LogP contribution in [0.2, 0.25) is 0 Å². The number of aromatic nitrogens is 3. The molecule has 0 bridgehead atoms. The number of sulfonamides is 1. The molecule has 2 rings (SSSR count). The average Bonchev–Trinajstić information content (AvgIpc) is 2.93. The number of nitrogens with one attached hydrogen (secondary N) is 4. The van der Waals surface area contributed by atoms with Gasteiger partial charge in [-0.25, -0.2) is 23.1 Å². The molecular weight excluding hydrogens is 344 g/mol. The molecule has 0 radical (unpaired) electrons. The third kappa shape index (κ3) is 3.56. The number of rotatable bonds is 8. The van der Waals surface area contributed by atoms with Gasteiger partial charge >= 0.3 is 0 Å². The predicted molar refractivity (Wildman–Crippen MR) is 103 cm³/mol. The van der Waals surface area contributed by atoms with Crippen molar-refractivity contribution in [2.75, 3.05) is 49.4 Å². The highest BCUT2D eigenvalue weighted by Gasteiger charge is 2.21. The molecule has 25 heavy (non-hydrogen) atoms. The van der Waals surface area contributed by atoms with Gasteiger partial charge in [-0.3, -0.25) is 0 Å². The van der Waals surface area contributed by atoms with Crippen molar-refractivity contribution < 1.29 is 8.42 Å². The Hall–Kier alpha value is -2.27. The zero-order valence-corrected chi connectivity index (χ0v) is 16.0. The summed E-state index contributed by atoms with van der Waals surface area (Å²) in [4.78, 5) is 8.80. The van der Waals surface area contributed by atoms with Gasteiger partial charge in [-0.1, -0.05) is 0 Å². The van der Waals surface area contributed by atoms with E-state index in [1.54, 1.807) is 35.0 Å². The van der Waals surface area contributed by atoms with E-state index >= 15 is 0 Å². The van der Waals surface area contributed by atoms with Crippen LogP contribution in [-0.2, 0) is 16.6 Å². The van der Waals surface area contributed by atoms with Gasteiger partial charge in [-0.05, 0) is 13.8 Å². The van der Waals surface area contributed by atoms with Crippen molar-refractivity contribution in [3.63, 3.8) is 0 Å². The Morgan fingerprint density at radius 2 is 1.80 bits per heavy atom. The van der Waals surface area contributed by atoms with Gasteiger partial charge < -0.3 is 26.3 Å². The highest BCUT2D eigenvalue weighted by Crippen LogP contribution is 2.34. The number of fused-ring (bicyclic) bond motifs is 1. The molecule has 0 saturated heterocycles. The van der Waals surface area contributed by atoms with Crippen LogP contribution in [0, 0.1) is 0 Å². The normalized spacial score (nSPS) is 11.9. The molecule has 6 N–H and O–H groups in total. The number of hydrogen-bond donors (Lipinski definition) is 5. The lowest BCUT2D eigenvalue weighted by Gasteiger charge is -2.15. The van der Waals surface area contributed by atoms with E-state index in [0.29, 0.717) is 29.6 Å². The minimum atomic E-state index is -3.33. The highest BCUT2D eigenvalue weighted by atomic mass is 32.2. The lowest BCUT2D eigenvalue weighted by molar-refractivity contribution is 0.566. The number of nitrogens with two attached hydrogens (primary N) is 1. The summed E-state index contributed by atoms with van der Waals surface area (Å²) in [5.41, 5.74) is 8.09. The molecule has 0 atom stereocenters. The molecule has 0 aliphatic rings. The molecule has 0 fully saturated rings. The molecule has 11 heteroatoms. The maximum Gasteiger partial charge on any atom is 0.213 e. The average molecular weight is 370 g/mol. The maximum absolute atomic E-state index is 12.0. The Bertz CT molecular complexity index is 860. The van der Waals surface area contributed by atoms with Crippen LogP contribution in [0.15, 0.2) is 0 Å². The third-order valence-electron chi connectivity index (χ3n) is 3.89. The van der Waals surface area contributed by atoms with E-state index in [0.717, 1.165) is 11.2 Å². The molecule has 0 amide bonds. The van der Waals surface area contributed by atoms with Crippen LogP contribution < -0.4 is 26.4 Å². The fourth-order valence-corrected chi connectivity index (χ4v) is 3.23. The molecule has 0 aliphatic carbocycles. The number of nitrogens with zero attached hydrogens (tertiary/aromatic N) is 3. The van der Waals surface area contributed by atoms with Crippen molar-refractivity contribution in [3.8, 4) is 0 Å². The van der Waals surface area contributed by atoms with Crippen molar-refractivity contribution in [2.45, 2.75) is 25.6 Å². The zero-order chi connectivity index (χ0) is 18.8. The second-order valence-electron chi connectivity index (χ2n) is 5.74. The number of nitrogen functional groups attached to an aromatic ring is 1. The molecular formula is C14H26N8O2S. The first-order chi connectivity index (χ1) is 11.8. The van der Waals surface area contributed by atoms with E-state index in [1.807, 2.05) is 4.57 Å². The van der Waals surface area contributed by atoms with Gasteiger partial charge in [-0.2, -0.15) is 0 Å². The third-order valence-corrected chi connectivity index (χ3v) is 5.73. The lowest BCUT2D eigenvalue weighted by Crippen LogP contribution is -2.33. The van der Waals surface area contributed by atoms with E-state index in [9.17, 15) is 8.42 Å². The number of anilines is 4. The van der Waals surface area contributed by atoms with Crippen LogP contribution in [0.3, 0.4) is 0 Å². The zero-order valence-electron chi connectivity index (χ0n) is 15.1. The fourth-order valence-electron chi connectivity index (χ4n) is 2.52. The minimum Gasteiger partial charge on any atom is -0.383 e. The topological polar surface area (TPSA) is 139 Å². The van der Waals surface area contributed by atoms with Crippen molar-refractivity contribution in [3.05, 3.63) is 0 Å². The molecule has 10 nitrogen and oxygen atoms in total. The fraction of sp³-hybridized carbons (Fsp3) is 0.571. The molecule has 2 aromatic rings. The summed E-state index contributed by atoms with van der Waals surface area (Å²) in [5, 5.41) is 8.64. The van der Waals surface area contributed by atoms with Crippen LogP contribution in [0.25, 0.3) is 11.0 Å².